The number of amides is 1. The molecule has 3 rings (SSSR count). The van der Waals surface area contributed by atoms with Crippen LogP contribution in [0.2, 0.25) is 0 Å². The van der Waals surface area contributed by atoms with E-state index in [-0.39, 0.29) is 17.9 Å². The molecule has 0 aliphatic rings. The number of anilines is 1. The molecule has 0 aliphatic carbocycles. The third-order valence-corrected chi connectivity index (χ3v) is 7.09. The van der Waals surface area contributed by atoms with E-state index in [2.05, 4.69) is 10.4 Å². The van der Waals surface area contributed by atoms with Gasteiger partial charge in [0.15, 0.2) is 0 Å². The van der Waals surface area contributed by atoms with Crippen molar-refractivity contribution in [3.63, 3.8) is 0 Å². The predicted molar refractivity (Wildman–Crippen MR) is 132 cm³/mol. The number of carbonyl (C=O) groups excluding carboxylic acids is 1. The van der Waals surface area contributed by atoms with Crippen molar-refractivity contribution in [1.82, 2.24) is 9.78 Å². The quantitative estimate of drug-likeness (QED) is 0.283. The van der Waals surface area contributed by atoms with Gasteiger partial charge >= 0.3 is 7.60 Å². The summed E-state index contributed by atoms with van der Waals surface area (Å²) < 4.78 is 38.4. The number of carbonyl (C=O) groups is 1. The maximum Gasteiger partial charge on any atom is 0.335 e. The van der Waals surface area contributed by atoms with Crippen LogP contribution in [-0.4, -0.2) is 28.9 Å². The van der Waals surface area contributed by atoms with Gasteiger partial charge in [0.25, 0.3) is 0 Å². The number of aromatic nitrogens is 2. The van der Waals surface area contributed by atoms with Crippen molar-refractivity contribution in [3.8, 4) is 11.3 Å². The summed E-state index contributed by atoms with van der Waals surface area (Å²) >= 11 is 0. The Balaban J connectivity index is 1.70. The first-order valence-corrected chi connectivity index (χ1v) is 12.7. The number of nitrogens with one attached hydrogen (secondary N) is 1. The lowest BCUT2D eigenvalue weighted by atomic mass is 10.1. The molecule has 0 atom stereocenters. The predicted octanol–water partition coefficient (Wildman–Crippen LogP) is 5.95. The van der Waals surface area contributed by atoms with Crippen LogP contribution in [0.1, 0.15) is 30.7 Å². The van der Waals surface area contributed by atoms with Gasteiger partial charge in [-0.3, -0.25) is 14.0 Å². The Morgan fingerprint density at radius 3 is 2.29 bits per heavy atom. The fourth-order valence-corrected chi connectivity index (χ4v) is 5.31. The van der Waals surface area contributed by atoms with Crippen LogP contribution < -0.4 is 5.32 Å². The molecule has 0 saturated heterocycles. The van der Waals surface area contributed by atoms with Crippen LogP contribution in [0.25, 0.3) is 17.3 Å². The lowest BCUT2D eigenvalue weighted by molar-refractivity contribution is -0.111. The van der Waals surface area contributed by atoms with E-state index in [4.69, 9.17) is 9.05 Å². The molecule has 34 heavy (non-hydrogen) atoms. The van der Waals surface area contributed by atoms with Crippen LogP contribution in [0.15, 0.2) is 54.6 Å². The minimum atomic E-state index is -3.19. The molecule has 1 N–H and O–H groups in total. The van der Waals surface area contributed by atoms with E-state index in [9.17, 15) is 13.8 Å². The molecule has 180 valence electrons. The van der Waals surface area contributed by atoms with E-state index in [0.717, 1.165) is 28.1 Å². The topological polar surface area (TPSA) is 82.5 Å². The number of nitrogens with zero attached hydrogens (tertiary/aromatic N) is 2. The fourth-order valence-electron chi connectivity index (χ4n) is 3.61. The van der Waals surface area contributed by atoms with Gasteiger partial charge in [0.05, 0.1) is 30.8 Å². The van der Waals surface area contributed by atoms with E-state index in [1.165, 1.54) is 18.2 Å². The maximum atomic E-state index is 13.3. The first-order valence-electron chi connectivity index (χ1n) is 11.0. The number of hydrogen-bond acceptors (Lipinski definition) is 5. The highest BCUT2D eigenvalue weighted by atomic mass is 31.2. The average Bonchev–Trinajstić information content (AvgIpc) is 3.07. The number of hydrogen-bond donors (Lipinski definition) is 1. The highest BCUT2D eigenvalue weighted by Gasteiger charge is 2.24. The number of aryl methyl sites for hydroxylation is 2. The van der Waals surface area contributed by atoms with Gasteiger partial charge < -0.3 is 14.4 Å². The summed E-state index contributed by atoms with van der Waals surface area (Å²) in [6, 6.07) is 13.2. The standard InChI is InChI=1S/C25H29FN3O4P/c1-5-32-34(31,33-6-2)17-19-7-13-22(14-8-19)27-24(30)16-15-23-18(3)28-29(4)25(23)20-9-11-21(26)12-10-20/h7-16H,5-6,17H2,1-4H3,(H,27,30). The van der Waals surface area contributed by atoms with Crippen LogP contribution in [0.5, 0.6) is 0 Å². The zero-order valence-electron chi connectivity index (χ0n) is 19.7. The normalized spacial score (nSPS) is 11.8. The summed E-state index contributed by atoms with van der Waals surface area (Å²) in [5, 5.41) is 7.24. The molecule has 1 aromatic heterocycles. The van der Waals surface area contributed by atoms with Crippen molar-refractivity contribution in [2.45, 2.75) is 26.9 Å². The van der Waals surface area contributed by atoms with Crippen LogP contribution in [0.4, 0.5) is 10.1 Å². The largest absolute Gasteiger partial charge is 0.335 e. The lowest BCUT2D eigenvalue weighted by Crippen LogP contribution is -2.07. The SMILES string of the molecule is CCOP(=O)(Cc1ccc(NC(=O)C=Cc2c(C)nn(C)c2-c2ccc(F)cc2)cc1)OCC. The van der Waals surface area contributed by atoms with Gasteiger partial charge in [-0.25, -0.2) is 4.39 Å². The first kappa shape index (κ1) is 25.6. The van der Waals surface area contributed by atoms with Gasteiger partial charge in [-0.05, 0) is 68.8 Å². The highest BCUT2D eigenvalue weighted by molar-refractivity contribution is 7.53. The van der Waals surface area contributed by atoms with Crippen molar-refractivity contribution in [2.75, 3.05) is 18.5 Å². The van der Waals surface area contributed by atoms with E-state index in [1.54, 1.807) is 68.1 Å². The molecule has 0 bridgehead atoms. The van der Waals surface area contributed by atoms with Gasteiger partial charge in [-0.15, -0.1) is 0 Å². The van der Waals surface area contributed by atoms with Gasteiger partial charge in [0, 0.05) is 29.9 Å². The number of rotatable bonds is 10. The minimum Gasteiger partial charge on any atom is -0.323 e. The summed E-state index contributed by atoms with van der Waals surface area (Å²) in [7, 11) is -1.39. The third-order valence-electron chi connectivity index (χ3n) is 5.04. The van der Waals surface area contributed by atoms with Crippen molar-refractivity contribution in [2.24, 2.45) is 7.05 Å². The molecule has 0 aliphatic heterocycles. The van der Waals surface area contributed by atoms with Crippen LogP contribution >= 0.6 is 7.60 Å². The second-order valence-corrected chi connectivity index (χ2v) is 9.66. The molecule has 0 saturated carbocycles. The summed E-state index contributed by atoms with van der Waals surface area (Å²) in [6.45, 7) is 6.00. The van der Waals surface area contributed by atoms with Crippen molar-refractivity contribution in [3.05, 3.63) is 77.2 Å². The molecule has 0 spiro atoms. The van der Waals surface area contributed by atoms with Gasteiger partial charge in [-0.2, -0.15) is 5.10 Å². The Labute approximate surface area is 199 Å². The molecule has 1 amide bonds. The average molecular weight is 485 g/mol. The van der Waals surface area contributed by atoms with Crippen molar-refractivity contribution in [1.29, 1.82) is 0 Å². The fraction of sp³-hybridized carbons (Fsp3) is 0.280. The smallest absolute Gasteiger partial charge is 0.323 e. The zero-order valence-corrected chi connectivity index (χ0v) is 20.6. The second-order valence-electron chi connectivity index (χ2n) is 7.60. The Morgan fingerprint density at radius 2 is 1.71 bits per heavy atom. The van der Waals surface area contributed by atoms with E-state index >= 15 is 0 Å². The molecule has 2 aromatic carbocycles. The van der Waals surface area contributed by atoms with Gasteiger partial charge in [0.2, 0.25) is 5.91 Å². The molecule has 9 heteroatoms. The zero-order chi connectivity index (χ0) is 24.7. The van der Waals surface area contributed by atoms with Crippen LogP contribution in [-0.2, 0) is 31.6 Å². The molecule has 0 radical (unpaired) electrons. The molecule has 0 unspecified atom stereocenters. The summed E-state index contributed by atoms with van der Waals surface area (Å²) in [4.78, 5) is 12.5. The Morgan fingerprint density at radius 1 is 1.09 bits per heavy atom. The number of halogens is 1. The lowest BCUT2D eigenvalue weighted by Gasteiger charge is -2.17. The van der Waals surface area contributed by atoms with Crippen LogP contribution in [0.3, 0.4) is 0 Å². The maximum absolute atomic E-state index is 13.3. The molecule has 3 aromatic rings. The molecule has 1 heterocycles. The highest BCUT2D eigenvalue weighted by Crippen LogP contribution is 2.51. The first-order chi connectivity index (χ1) is 16.2. The third kappa shape index (κ3) is 6.50. The number of benzene rings is 2. The van der Waals surface area contributed by atoms with Crippen molar-refractivity contribution >= 4 is 25.3 Å². The van der Waals surface area contributed by atoms with Gasteiger partial charge in [0.1, 0.15) is 5.82 Å². The minimum absolute atomic E-state index is 0.162. The molecular formula is C25H29FN3O4P. The molecule has 7 nitrogen and oxygen atoms in total. The summed E-state index contributed by atoms with van der Waals surface area (Å²) in [5.74, 6) is -0.626. The summed E-state index contributed by atoms with van der Waals surface area (Å²) in [6.07, 6.45) is 3.30. The Hall–Kier alpha value is -3.06. The van der Waals surface area contributed by atoms with Crippen LogP contribution in [0, 0.1) is 12.7 Å². The van der Waals surface area contributed by atoms with E-state index < -0.39 is 7.60 Å². The summed E-state index contributed by atoms with van der Waals surface area (Å²) in [5.41, 5.74) is 4.51. The van der Waals surface area contributed by atoms with Crippen molar-refractivity contribution < 1.29 is 22.8 Å². The Bertz CT molecular complexity index is 1190. The van der Waals surface area contributed by atoms with E-state index in [1.807, 2.05) is 6.92 Å². The molecule has 0 fully saturated rings. The van der Waals surface area contributed by atoms with Gasteiger partial charge in [-0.1, -0.05) is 12.1 Å². The second kappa shape index (κ2) is 11.4. The monoisotopic (exact) mass is 485 g/mol. The van der Waals surface area contributed by atoms with E-state index in [0.29, 0.717) is 18.9 Å². The Kier molecular flexibility index (Phi) is 8.56. The molecular weight excluding hydrogens is 456 g/mol.